The molecule has 60 heavy (non-hydrogen) atoms. The van der Waals surface area contributed by atoms with E-state index in [1.54, 1.807) is 0 Å². The van der Waals surface area contributed by atoms with Crippen LogP contribution in [-0.4, -0.2) is 19.1 Å². The maximum atomic E-state index is 5.58. The summed E-state index contributed by atoms with van der Waals surface area (Å²) in [6.07, 6.45) is 0. The van der Waals surface area contributed by atoms with Gasteiger partial charge in [-0.15, -0.1) is 0 Å². The minimum absolute atomic E-state index is 0.718. The van der Waals surface area contributed by atoms with Gasteiger partial charge in [-0.25, -0.2) is 9.97 Å². The summed E-state index contributed by atoms with van der Waals surface area (Å²) >= 11 is 0. The first-order valence-electron chi connectivity index (χ1n) is 20.6. The second-order valence-electron chi connectivity index (χ2n) is 16.1. The lowest BCUT2D eigenvalue weighted by Gasteiger charge is -2.15. The number of rotatable bonds is 3. The Morgan fingerprint density at radius 2 is 0.950 bits per heavy atom. The second kappa shape index (κ2) is 11.8. The van der Waals surface area contributed by atoms with Gasteiger partial charge in [-0.1, -0.05) is 140 Å². The normalized spacial score (nSPS) is 12.3. The smallest absolute Gasteiger partial charge is 0.162 e. The summed E-state index contributed by atoms with van der Waals surface area (Å²) in [5, 5.41) is 13.2. The fourth-order valence-corrected chi connectivity index (χ4v) is 10.4. The molecule has 10 aromatic carbocycles. The quantitative estimate of drug-likeness (QED) is 0.180. The third-order valence-electron chi connectivity index (χ3n) is 13.0. The van der Waals surface area contributed by atoms with E-state index in [4.69, 9.17) is 9.97 Å². The minimum atomic E-state index is 0.718. The van der Waals surface area contributed by atoms with Crippen LogP contribution in [-0.2, 0) is 0 Å². The molecule has 276 valence electrons. The molecular formula is C56H32N4. The van der Waals surface area contributed by atoms with E-state index in [1.807, 2.05) is 0 Å². The monoisotopic (exact) mass is 760 g/mol. The summed E-state index contributed by atoms with van der Waals surface area (Å²) in [7, 11) is 0. The molecule has 0 N–H and O–H groups in total. The average Bonchev–Trinajstić information content (AvgIpc) is 3.94. The highest BCUT2D eigenvalue weighted by Gasteiger charge is 2.25. The van der Waals surface area contributed by atoms with E-state index in [-0.39, 0.29) is 0 Å². The van der Waals surface area contributed by atoms with Crippen LogP contribution in [0.15, 0.2) is 194 Å². The van der Waals surface area contributed by atoms with Gasteiger partial charge in [0.15, 0.2) is 5.82 Å². The molecule has 3 aromatic heterocycles. The van der Waals surface area contributed by atoms with Gasteiger partial charge < -0.3 is 4.57 Å². The predicted molar refractivity (Wildman–Crippen MR) is 251 cm³/mol. The molecule has 0 unspecified atom stereocenters. The van der Waals surface area contributed by atoms with Crippen molar-refractivity contribution in [1.29, 1.82) is 0 Å². The Kier molecular flexibility index (Phi) is 6.26. The van der Waals surface area contributed by atoms with Crippen LogP contribution in [0.5, 0.6) is 0 Å². The van der Waals surface area contributed by atoms with Crippen molar-refractivity contribution >= 4 is 86.8 Å². The molecule has 1 aliphatic rings. The van der Waals surface area contributed by atoms with E-state index in [9.17, 15) is 0 Å². The predicted octanol–water partition coefficient (Wildman–Crippen LogP) is 14.6. The van der Waals surface area contributed by atoms with Crippen LogP contribution in [0.3, 0.4) is 0 Å². The van der Waals surface area contributed by atoms with E-state index in [2.05, 4.69) is 203 Å². The van der Waals surface area contributed by atoms with Gasteiger partial charge in [0.2, 0.25) is 0 Å². The SMILES string of the molecule is c1ccc2c(c1)-c1cccc3c(-c4nc(-n5c6ccccc6c6cc7ccc(-n8c9ccccc9c9ccc%10ccccc%10c98)cc7cc65)c5ccccc5n4)ccc-2c13. The summed E-state index contributed by atoms with van der Waals surface area (Å²) < 4.78 is 4.82. The molecular weight excluding hydrogens is 729 g/mol. The zero-order valence-electron chi connectivity index (χ0n) is 32.3. The number of fused-ring (bicyclic) bond motifs is 13. The number of nitrogens with zero attached hydrogens (tertiary/aromatic N) is 4. The fourth-order valence-electron chi connectivity index (χ4n) is 10.4. The van der Waals surface area contributed by atoms with E-state index >= 15 is 0 Å². The Morgan fingerprint density at radius 1 is 0.317 bits per heavy atom. The zero-order chi connectivity index (χ0) is 39.1. The molecule has 0 atom stereocenters. The highest BCUT2D eigenvalue weighted by Crippen LogP contribution is 2.49. The fraction of sp³-hybridized carbons (Fsp3) is 0. The van der Waals surface area contributed by atoms with E-state index in [1.165, 1.54) is 87.1 Å². The first-order valence-corrected chi connectivity index (χ1v) is 20.6. The molecule has 0 amide bonds. The van der Waals surface area contributed by atoms with E-state index in [0.29, 0.717) is 0 Å². The zero-order valence-corrected chi connectivity index (χ0v) is 32.3. The molecule has 14 rings (SSSR count). The highest BCUT2D eigenvalue weighted by atomic mass is 15.1. The lowest BCUT2D eigenvalue weighted by Crippen LogP contribution is -2.03. The molecule has 4 nitrogen and oxygen atoms in total. The van der Waals surface area contributed by atoms with Crippen LogP contribution < -0.4 is 0 Å². The van der Waals surface area contributed by atoms with Crippen LogP contribution in [0, 0.1) is 0 Å². The molecule has 0 saturated heterocycles. The standard InChI is InChI=1S/C56H32N4/c1-2-13-37-33(12-1)25-27-45-40-16-6-9-22-50(40)59(54(37)45)36-26-24-34-31-48-41-17-7-10-23-51(41)60(52(48)32-35(34)30-36)56-47-18-5-8-21-49(47)57-55(58-56)46-29-28-44-39-15-4-3-14-38(39)42-19-11-20-43(46)53(42)44/h1-32H. The number of benzene rings is 10. The highest BCUT2D eigenvalue weighted by molar-refractivity contribution is 6.20. The molecule has 4 heteroatoms. The van der Waals surface area contributed by atoms with Crippen molar-refractivity contribution < 1.29 is 0 Å². The van der Waals surface area contributed by atoms with Crippen molar-refractivity contribution in [3.8, 4) is 45.1 Å². The minimum Gasteiger partial charge on any atom is -0.309 e. The maximum absolute atomic E-state index is 5.58. The summed E-state index contributed by atoms with van der Waals surface area (Å²) in [5.74, 6) is 1.59. The Morgan fingerprint density at radius 3 is 1.80 bits per heavy atom. The lowest BCUT2D eigenvalue weighted by molar-refractivity contribution is 1.08. The number of para-hydroxylation sites is 3. The van der Waals surface area contributed by atoms with Crippen molar-refractivity contribution in [2.45, 2.75) is 0 Å². The van der Waals surface area contributed by atoms with E-state index in [0.717, 1.165) is 44.8 Å². The number of aromatic nitrogens is 4. The van der Waals surface area contributed by atoms with Crippen LogP contribution in [0.25, 0.3) is 132 Å². The Bertz CT molecular complexity index is 3990. The first-order chi connectivity index (χ1) is 29.8. The van der Waals surface area contributed by atoms with Gasteiger partial charge in [0.25, 0.3) is 0 Å². The maximum Gasteiger partial charge on any atom is 0.162 e. The van der Waals surface area contributed by atoms with Crippen molar-refractivity contribution in [2.24, 2.45) is 0 Å². The van der Waals surface area contributed by atoms with E-state index < -0.39 is 0 Å². The van der Waals surface area contributed by atoms with Gasteiger partial charge in [0.05, 0.1) is 27.6 Å². The molecule has 3 heterocycles. The third-order valence-corrected chi connectivity index (χ3v) is 13.0. The van der Waals surface area contributed by atoms with Crippen molar-refractivity contribution in [3.05, 3.63) is 194 Å². The molecule has 0 fully saturated rings. The van der Waals surface area contributed by atoms with Crippen molar-refractivity contribution in [3.63, 3.8) is 0 Å². The molecule has 0 spiro atoms. The largest absolute Gasteiger partial charge is 0.309 e. The third kappa shape index (κ3) is 4.24. The van der Waals surface area contributed by atoms with Crippen LogP contribution in [0.1, 0.15) is 0 Å². The van der Waals surface area contributed by atoms with Gasteiger partial charge >= 0.3 is 0 Å². The topological polar surface area (TPSA) is 35.6 Å². The van der Waals surface area contributed by atoms with Crippen molar-refractivity contribution in [1.82, 2.24) is 19.1 Å². The summed E-state index contributed by atoms with van der Waals surface area (Å²) in [5.41, 5.74) is 12.8. The second-order valence-corrected chi connectivity index (χ2v) is 16.1. The Labute approximate surface area is 343 Å². The Balaban J connectivity index is 1.04. The molecule has 0 aliphatic heterocycles. The summed E-state index contributed by atoms with van der Waals surface area (Å²) in [6.45, 7) is 0. The molecule has 13 aromatic rings. The molecule has 0 bridgehead atoms. The van der Waals surface area contributed by atoms with Gasteiger partial charge in [0.1, 0.15) is 5.82 Å². The van der Waals surface area contributed by atoms with Crippen LogP contribution in [0.2, 0.25) is 0 Å². The molecule has 0 saturated carbocycles. The van der Waals surface area contributed by atoms with Gasteiger partial charge in [-0.2, -0.15) is 0 Å². The van der Waals surface area contributed by atoms with Crippen molar-refractivity contribution in [2.75, 3.05) is 0 Å². The average molecular weight is 761 g/mol. The number of hydrogen-bond donors (Lipinski definition) is 0. The molecule has 1 aliphatic carbocycles. The van der Waals surface area contributed by atoms with Crippen LogP contribution >= 0.6 is 0 Å². The summed E-state index contributed by atoms with van der Waals surface area (Å²) in [6, 6.07) is 70.7. The van der Waals surface area contributed by atoms with Crippen LogP contribution in [0.4, 0.5) is 0 Å². The van der Waals surface area contributed by atoms with Gasteiger partial charge in [0, 0.05) is 43.6 Å². The van der Waals surface area contributed by atoms with Gasteiger partial charge in [-0.05, 0) is 104 Å². The molecule has 0 radical (unpaired) electrons. The Hall–Kier alpha value is -8.08. The van der Waals surface area contributed by atoms with Gasteiger partial charge in [-0.3, -0.25) is 4.57 Å². The first kappa shape index (κ1) is 31.9. The lowest BCUT2D eigenvalue weighted by atomic mass is 9.98. The number of hydrogen-bond acceptors (Lipinski definition) is 2. The summed E-state index contributed by atoms with van der Waals surface area (Å²) in [4.78, 5) is 10.9.